The molecule has 0 bridgehead atoms. The molecule has 1 saturated heterocycles. The summed E-state index contributed by atoms with van der Waals surface area (Å²) >= 11 is 0. The van der Waals surface area contributed by atoms with Crippen LogP contribution in [0.25, 0.3) is 0 Å². The van der Waals surface area contributed by atoms with Gasteiger partial charge in [0.25, 0.3) is 0 Å². The first-order valence-corrected chi connectivity index (χ1v) is 8.20. The number of rotatable bonds is 6. The Bertz CT molecular complexity index is 489. The summed E-state index contributed by atoms with van der Waals surface area (Å²) in [6, 6.07) is 0. The van der Waals surface area contributed by atoms with Crippen molar-refractivity contribution in [1.82, 2.24) is 0 Å². The second-order valence-electron chi connectivity index (χ2n) is 6.59. The van der Waals surface area contributed by atoms with E-state index >= 15 is 0 Å². The summed E-state index contributed by atoms with van der Waals surface area (Å²) in [6.07, 6.45) is -0.231. The van der Waals surface area contributed by atoms with E-state index in [1.165, 1.54) is 19.9 Å². The standard InChI is InChI=1S/C17H28O7/c1-6-7-8-12(18)23-13-9(2)14(19)17(5,24-11(13)4)15(20)10(3)16(21)22/h7-11,13-15,19-20H,6H2,1-5H3,(H,21,22)/b8-7+/t9-,10-,11+,13-,14+,15+,17+/m1/s1. The third-order valence-electron chi connectivity index (χ3n) is 4.70. The van der Waals surface area contributed by atoms with Crippen LogP contribution < -0.4 is 0 Å². The van der Waals surface area contributed by atoms with Crippen LogP contribution in [0.5, 0.6) is 0 Å². The lowest BCUT2D eigenvalue weighted by atomic mass is 9.75. The SMILES string of the molecule is CC/C=C/C(=O)O[C@@H]1[C@@H](C)[C@H](O)[C@@](C)([C@@H](O)[C@@H](C)C(=O)O)O[C@H]1C. The summed E-state index contributed by atoms with van der Waals surface area (Å²) in [7, 11) is 0. The average molecular weight is 344 g/mol. The molecule has 1 rings (SSSR count). The molecule has 0 amide bonds. The summed E-state index contributed by atoms with van der Waals surface area (Å²) in [4.78, 5) is 22.9. The molecule has 1 fully saturated rings. The van der Waals surface area contributed by atoms with E-state index < -0.39 is 53.8 Å². The predicted octanol–water partition coefficient (Wildman–Crippen LogP) is 1.12. The van der Waals surface area contributed by atoms with Gasteiger partial charge in [0.05, 0.1) is 24.2 Å². The van der Waals surface area contributed by atoms with Crippen LogP contribution in [0.2, 0.25) is 0 Å². The molecule has 1 aliphatic heterocycles. The molecule has 0 unspecified atom stereocenters. The maximum absolute atomic E-state index is 11.8. The van der Waals surface area contributed by atoms with Crippen molar-refractivity contribution in [1.29, 1.82) is 0 Å². The minimum atomic E-state index is -1.47. The molecule has 0 spiro atoms. The molecule has 0 radical (unpaired) electrons. The maximum atomic E-state index is 11.8. The van der Waals surface area contributed by atoms with E-state index in [0.29, 0.717) is 6.42 Å². The molecular formula is C17H28O7. The maximum Gasteiger partial charge on any atom is 0.330 e. The number of carboxylic acids is 1. The second kappa shape index (κ2) is 8.09. The second-order valence-corrected chi connectivity index (χ2v) is 6.59. The smallest absolute Gasteiger partial charge is 0.330 e. The van der Waals surface area contributed by atoms with Crippen LogP contribution in [0, 0.1) is 11.8 Å². The summed E-state index contributed by atoms with van der Waals surface area (Å²) in [5.74, 6) is -3.36. The van der Waals surface area contributed by atoms with Gasteiger partial charge in [0.15, 0.2) is 0 Å². The zero-order valence-corrected chi connectivity index (χ0v) is 14.8. The predicted molar refractivity (Wildman–Crippen MR) is 86.2 cm³/mol. The van der Waals surface area contributed by atoms with Crippen molar-refractivity contribution in [2.24, 2.45) is 11.8 Å². The summed E-state index contributed by atoms with van der Waals surface area (Å²) < 4.78 is 11.1. The molecule has 0 aromatic rings. The Morgan fingerprint density at radius 1 is 1.38 bits per heavy atom. The Balaban J connectivity index is 2.95. The number of carboxylic acid groups (broad SMARTS) is 1. The number of aliphatic hydroxyl groups excluding tert-OH is 2. The van der Waals surface area contributed by atoms with Crippen LogP contribution in [0.4, 0.5) is 0 Å². The van der Waals surface area contributed by atoms with E-state index in [1.807, 2.05) is 6.92 Å². The van der Waals surface area contributed by atoms with Crippen molar-refractivity contribution in [2.75, 3.05) is 0 Å². The molecule has 0 saturated carbocycles. The molecule has 0 aromatic carbocycles. The number of hydrogen-bond acceptors (Lipinski definition) is 6. The number of carbonyl (C=O) groups is 2. The average Bonchev–Trinajstić information content (AvgIpc) is 2.53. The van der Waals surface area contributed by atoms with Crippen molar-refractivity contribution in [3.05, 3.63) is 12.2 Å². The fraction of sp³-hybridized carbons (Fsp3) is 0.765. The Morgan fingerprint density at radius 2 is 1.96 bits per heavy atom. The van der Waals surface area contributed by atoms with Gasteiger partial charge in [-0.15, -0.1) is 0 Å². The van der Waals surface area contributed by atoms with Gasteiger partial charge in [-0.25, -0.2) is 4.79 Å². The zero-order chi connectivity index (χ0) is 18.7. The van der Waals surface area contributed by atoms with Crippen LogP contribution in [-0.4, -0.2) is 57.3 Å². The topological polar surface area (TPSA) is 113 Å². The number of aliphatic carboxylic acids is 1. The molecule has 24 heavy (non-hydrogen) atoms. The highest BCUT2D eigenvalue weighted by molar-refractivity contribution is 5.82. The fourth-order valence-electron chi connectivity index (χ4n) is 3.13. The van der Waals surface area contributed by atoms with Gasteiger partial charge in [-0.2, -0.15) is 0 Å². The van der Waals surface area contributed by atoms with E-state index in [9.17, 15) is 19.8 Å². The highest BCUT2D eigenvalue weighted by atomic mass is 16.6. The van der Waals surface area contributed by atoms with Gasteiger partial charge < -0.3 is 24.8 Å². The largest absolute Gasteiger partial charge is 0.481 e. The van der Waals surface area contributed by atoms with E-state index in [-0.39, 0.29) is 0 Å². The first-order chi connectivity index (χ1) is 11.1. The number of ether oxygens (including phenoxy) is 2. The number of hydrogen-bond donors (Lipinski definition) is 3. The lowest BCUT2D eigenvalue weighted by molar-refractivity contribution is -0.276. The number of allylic oxidation sites excluding steroid dienone is 1. The van der Waals surface area contributed by atoms with Gasteiger partial charge in [0.2, 0.25) is 0 Å². The van der Waals surface area contributed by atoms with Gasteiger partial charge >= 0.3 is 11.9 Å². The van der Waals surface area contributed by atoms with E-state index in [4.69, 9.17) is 14.6 Å². The number of aliphatic hydroxyl groups is 2. The molecular weight excluding hydrogens is 316 g/mol. The first-order valence-electron chi connectivity index (χ1n) is 8.20. The zero-order valence-electron chi connectivity index (χ0n) is 14.8. The van der Waals surface area contributed by atoms with Crippen molar-refractivity contribution in [3.63, 3.8) is 0 Å². The van der Waals surface area contributed by atoms with Crippen molar-refractivity contribution < 1.29 is 34.4 Å². The van der Waals surface area contributed by atoms with Gasteiger partial charge in [-0.05, 0) is 27.2 Å². The minimum Gasteiger partial charge on any atom is -0.481 e. The Morgan fingerprint density at radius 3 is 2.46 bits per heavy atom. The van der Waals surface area contributed by atoms with Crippen LogP contribution >= 0.6 is 0 Å². The minimum absolute atomic E-state index is 0.528. The Kier molecular flexibility index (Phi) is 6.95. The first kappa shape index (κ1) is 20.6. The fourth-order valence-corrected chi connectivity index (χ4v) is 3.13. The van der Waals surface area contributed by atoms with Crippen molar-refractivity contribution in [2.45, 2.75) is 71.1 Å². The molecule has 0 aromatic heterocycles. The Labute approximate surface area is 142 Å². The van der Waals surface area contributed by atoms with Crippen LogP contribution in [-0.2, 0) is 19.1 Å². The third-order valence-corrected chi connectivity index (χ3v) is 4.70. The number of esters is 1. The normalized spacial score (nSPS) is 36.3. The highest BCUT2D eigenvalue weighted by Crippen LogP contribution is 2.39. The van der Waals surface area contributed by atoms with Gasteiger partial charge in [0, 0.05) is 12.0 Å². The third kappa shape index (κ3) is 4.15. The quantitative estimate of drug-likeness (QED) is 0.489. The molecule has 1 heterocycles. The molecule has 7 heteroatoms. The molecule has 7 atom stereocenters. The van der Waals surface area contributed by atoms with Crippen molar-refractivity contribution >= 4 is 11.9 Å². The van der Waals surface area contributed by atoms with Gasteiger partial charge in [-0.1, -0.05) is 19.9 Å². The molecule has 3 N–H and O–H groups in total. The molecule has 1 aliphatic rings. The van der Waals surface area contributed by atoms with E-state index in [1.54, 1.807) is 19.9 Å². The Hall–Kier alpha value is -1.44. The lowest BCUT2D eigenvalue weighted by Gasteiger charge is -2.50. The van der Waals surface area contributed by atoms with Crippen LogP contribution in [0.3, 0.4) is 0 Å². The monoisotopic (exact) mass is 344 g/mol. The molecule has 138 valence electrons. The van der Waals surface area contributed by atoms with E-state index in [2.05, 4.69) is 0 Å². The summed E-state index contributed by atoms with van der Waals surface area (Å²) in [6.45, 7) is 8.07. The number of carbonyl (C=O) groups excluding carboxylic acids is 1. The van der Waals surface area contributed by atoms with Crippen molar-refractivity contribution in [3.8, 4) is 0 Å². The van der Waals surface area contributed by atoms with Gasteiger partial charge in [0.1, 0.15) is 11.7 Å². The van der Waals surface area contributed by atoms with Gasteiger partial charge in [-0.3, -0.25) is 4.79 Å². The van der Waals surface area contributed by atoms with E-state index in [0.717, 1.165) is 0 Å². The summed E-state index contributed by atoms with van der Waals surface area (Å²) in [5, 5.41) is 30.1. The summed E-state index contributed by atoms with van der Waals surface area (Å²) in [5.41, 5.74) is -1.47. The van der Waals surface area contributed by atoms with Crippen LogP contribution in [0.15, 0.2) is 12.2 Å². The molecule has 7 nitrogen and oxygen atoms in total. The highest BCUT2D eigenvalue weighted by Gasteiger charge is 2.55. The molecule has 0 aliphatic carbocycles. The van der Waals surface area contributed by atoms with Crippen LogP contribution in [0.1, 0.15) is 41.0 Å². The lowest BCUT2D eigenvalue weighted by Crippen LogP contribution is -2.65.